The maximum absolute atomic E-state index is 12.2. The van der Waals surface area contributed by atoms with E-state index in [1.165, 1.54) is 6.07 Å². The minimum atomic E-state index is -5.06. The van der Waals surface area contributed by atoms with Gasteiger partial charge in [0.15, 0.2) is 0 Å². The first-order valence-electron chi connectivity index (χ1n) is 4.30. The number of hydrogen-bond donors (Lipinski definition) is 0. The Morgan fingerprint density at radius 1 is 1.22 bits per heavy atom. The Balaban J connectivity index is 3.35. The summed E-state index contributed by atoms with van der Waals surface area (Å²) >= 11 is 16.6. The fourth-order valence-electron chi connectivity index (χ4n) is 1.16. The van der Waals surface area contributed by atoms with Gasteiger partial charge in [-0.3, -0.25) is 4.79 Å². The SMILES string of the molecule is N#Cc1cc(C(Cl)(Cl)Cl)ccc1C(=O)C(F)(F)F. The molecule has 0 aliphatic rings. The number of halogens is 6. The van der Waals surface area contributed by atoms with E-state index in [-0.39, 0.29) is 5.56 Å². The van der Waals surface area contributed by atoms with Crippen molar-refractivity contribution in [1.82, 2.24) is 0 Å². The molecule has 18 heavy (non-hydrogen) atoms. The van der Waals surface area contributed by atoms with Crippen LogP contribution in [0.2, 0.25) is 0 Å². The molecule has 0 unspecified atom stereocenters. The Morgan fingerprint density at radius 3 is 2.17 bits per heavy atom. The van der Waals surface area contributed by atoms with Crippen molar-refractivity contribution in [3.05, 3.63) is 34.9 Å². The largest absolute Gasteiger partial charge is 0.454 e. The van der Waals surface area contributed by atoms with E-state index in [1.807, 2.05) is 0 Å². The molecule has 1 aromatic carbocycles. The van der Waals surface area contributed by atoms with Crippen LogP contribution in [-0.2, 0) is 3.79 Å². The summed E-state index contributed by atoms with van der Waals surface area (Å²) in [6.45, 7) is 0. The van der Waals surface area contributed by atoms with Crippen LogP contribution in [-0.4, -0.2) is 12.0 Å². The van der Waals surface area contributed by atoms with Gasteiger partial charge in [0.1, 0.15) is 0 Å². The zero-order valence-corrected chi connectivity index (χ0v) is 10.6. The van der Waals surface area contributed by atoms with E-state index in [2.05, 4.69) is 0 Å². The Labute approximate surface area is 115 Å². The molecule has 0 aliphatic carbocycles. The zero-order chi connectivity index (χ0) is 14.1. The summed E-state index contributed by atoms with van der Waals surface area (Å²) in [5.74, 6) is -2.12. The molecule has 0 saturated heterocycles. The highest BCUT2D eigenvalue weighted by molar-refractivity contribution is 6.66. The third-order valence-corrected chi connectivity index (χ3v) is 2.62. The van der Waals surface area contributed by atoms with Crippen LogP contribution in [0.5, 0.6) is 0 Å². The number of nitriles is 1. The second kappa shape index (κ2) is 4.96. The lowest BCUT2D eigenvalue weighted by molar-refractivity contribution is -0.0885. The van der Waals surface area contributed by atoms with Crippen molar-refractivity contribution in [2.24, 2.45) is 0 Å². The Morgan fingerprint density at radius 2 is 1.78 bits per heavy atom. The zero-order valence-electron chi connectivity index (χ0n) is 8.36. The van der Waals surface area contributed by atoms with Gasteiger partial charge in [0, 0.05) is 11.1 Å². The molecule has 0 aliphatic heterocycles. The average Bonchev–Trinajstić information content (AvgIpc) is 2.24. The number of benzene rings is 1. The lowest BCUT2D eigenvalue weighted by Gasteiger charge is -2.13. The van der Waals surface area contributed by atoms with Gasteiger partial charge in [-0.2, -0.15) is 18.4 Å². The fourth-order valence-corrected chi connectivity index (χ4v) is 1.52. The highest BCUT2D eigenvalue weighted by Gasteiger charge is 2.40. The summed E-state index contributed by atoms with van der Waals surface area (Å²) in [5.41, 5.74) is -1.27. The molecule has 0 N–H and O–H groups in total. The van der Waals surface area contributed by atoms with Crippen LogP contribution in [0, 0.1) is 11.3 Å². The van der Waals surface area contributed by atoms with Crippen molar-refractivity contribution in [2.45, 2.75) is 9.97 Å². The van der Waals surface area contributed by atoms with E-state index in [9.17, 15) is 18.0 Å². The van der Waals surface area contributed by atoms with E-state index in [0.29, 0.717) is 0 Å². The standard InChI is InChI=1S/C10H3Cl3F3NO/c11-9(12,13)6-1-2-7(5(3-6)4-17)8(18)10(14,15)16/h1-3H. The van der Waals surface area contributed by atoms with Crippen molar-refractivity contribution >= 4 is 40.6 Å². The predicted molar refractivity (Wildman–Crippen MR) is 60.8 cm³/mol. The molecule has 0 spiro atoms. The first-order valence-corrected chi connectivity index (χ1v) is 5.43. The van der Waals surface area contributed by atoms with Crippen LogP contribution < -0.4 is 0 Å². The van der Waals surface area contributed by atoms with Crippen LogP contribution in [0.25, 0.3) is 0 Å². The number of rotatable bonds is 1. The molecule has 0 fully saturated rings. The summed E-state index contributed by atoms with van der Waals surface area (Å²) in [6.07, 6.45) is -5.06. The van der Waals surface area contributed by atoms with E-state index in [4.69, 9.17) is 40.1 Å². The first kappa shape index (κ1) is 15.1. The van der Waals surface area contributed by atoms with Crippen molar-refractivity contribution in [2.75, 3.05) is 0 Å². The lowest BCUT2D eigenvalue weighted by Crippen LogP contribution is -2.24. The number of Topliss-reactive ketones (excluding diaryl/α,β-unsaturated/α-hetero) is 1. The molecule has 8 heteroatoms. The van der Waals surface area contributed by atoms with Gasteiger partial charge in [-0.25, -0.2) is 0 Å². The topological polar surface area (TPSA) is 40.9 Å². The summed E-state index contributed by atoms with van der Waals surface area (Å²) in [7, 11) is 0. The minimum absolute atomic E-state index is 0.00257. The summed E-state index contributed by atoms with van der Waals surface area (Å²) in [5, 5.41) is 8.72. The van der Waals surface area contributed by atoms with Crippen LogP contribution in [0.3, 0.4) is 0 Å². The molecule has 0 amide bonds. The molecule has 1 aromatic rings. The quantitative estimate of drug-likeness (QED) is 0.577. The van der Waals surface area contributed by atoms with Crippen LogP contribution >= 0.6 is 34.8 Å². The minimum Gasteiger partial charge on any atom is -0.284 e. The highest BCUT2D eigenvalue weighted by atomic mass is 35.6. The molecule has 0 atom stereocenters. The third kappa shape index (κ3) is 3.29. The first-order chi connectivity index (χ1) is 8.07. The second-order valence-corrected chi connectivity index (χ2v) is 5.48. The summed E-state index contributed by atoms with van der Waals surface area (Å²) in [4.78, 5) is 11.0. The van der Waals surface area contributed by atoms with Crippen LogP contribution in [0.1, 0.15) is 21.5 Å². The molecular weight excluding hydrogens is 313 g/mol. The third-order valence-electron chi connectivity index (χ3n) is 1.97. The molecular formula is C10H3Cl3F3NO. The van der Waals surface area contributed by atoms with Crippen LogP contribution in [0.4, 0.5) is 13.2 Å². The average molecular weight is 316 g/mol. The van der Waals surface area contributed by atoms with Gasteiger partial charge in [-0.1, -0.05) is 40.9 Å². The van der Waals surface area contributed by atoms with Gasteiger partial charge in [0.05, 0.1) is 11.6 Å². The molecule has 2 nitrogen and oxygen atoms in total. The predicted octanol–water partition coefficient (Wildman–Crippen LogP) is 4.13. The number of carbonyl (C=O) groups excluding carboxylic acids is 1. The molecule has 0 bridgehead atoms. The van der Waals surface area contributed by atoms with Crippen LogP contribution in [0.15, 0.2) is 18.2 Å². The monoisotopic (exact) mass is 315 g/mol. The molecule has 0 aromatic heterocycles. The molecule has 1 rings (SSSR count). The molecule has 96 valence electrons. The Bertz CT molecular complexity index is 529. The summed E-state index contributed by atoms with van der Waals surface area (Å²) in [6, 6.07) is 4.26. The van der Waals surface area contributed by atoms with Gasteiger partial charge in [0.2, 0.25) is 3.79 Å². The molecule has 0 radical (unpaired) electrons. The normalized spacial score (nSPS) is 12.1. The molecule has 0 heterocycles. The van der Waals surface area contributed by atoms with Gasteiger partial charge >= 0.3 is 6.18 Å². The maximum Gasteiger partial charge on any atom is 0.454 e. The van der Waals surface area contributed by atoms with Crippen molar-refractivity contribution < 1.29 is 18.0 Å². The van der Waals surface area contributed by atoms with E-state index in [1.54, 1.807) is 0 Å². The van der Waals surface area contributed by atoms with Gasteiger partial charge in [-0.05, 0) is 12.1 Å². The number of nitrogens with zero attached hydrogens (tertiary/aromatic N) is 1. The number of carbonyl (C=O) groups is 1. The van der Waals surface area contributed by atoms with Gasteiger partial charge < -0.3 is 0 Å². The second-order valence-electron chi connectivity index (χ2n) is 3.20. The fraction of sp³-hybridized carbons (Fsp3) is 0.200. The van der Waals surface area contributed by atoms with Crippen molar-refractivity contribution in [3.8, 4) is 6.07 Å². The maximum atomic E-state index is 12.2. The molecule has 0 saturated carbocycles. The highest BCUT2D eigenvalue weighted by Crippen LogP contribution is 2.39. The number of ketones is 1. The van der Waals surface area contributed by atoms with E-state index < -0.39 is 26.9 Å². The van der Waals surface area contributed by atoms with Crippen molar-refractivity contribution in [1.29, 1.82) is 5.26 Å². The Kier molecular flexibility index (Phi) is 4.16. The smallest absolute Gasteiger partial charge is 0.284 e. The van der Waals surface area contributed by atoms with E-state index >= 15 is 0 Å². The Hall–Kier alpha value is -0.960. The van der Waals surface area contributed by atoms with E-state index in [0.717, 1.165) is 18.2 Å². The summed E-state index contributed by atoms with van der Waals surface area (Å²) < 4.78 is 34.9. The number of hydrogen-bond acceptors (Lipinski definition) is 2. The number of alkyl halides is 6. The van der Waals surface area contributed by atoms with Gasteiger partial charge in [0.25, 0.3) is 5.78 Å². The van der Waals surface area contributed by atoms with Gasteiger partial charge in [-0.15, -0.1) is 0 Å². The lowest BCUT2D eigenvalue weighted by atomic mass is 10.0. The van der Waals surface area contributed by atoms with Crippen molar-refractivity contribution in [3.63, 3.8) is 0 Å².